The van der Waals surface area contributed by atoms with Gasteiger partial charge in [-0.25, -0.2) is 0 Å². The van der Waals surface area contributed by atoms with Crippen molar-refractivity contribution in [1.82, 2.24) is 10.2 Å². The number of hydrogen-bond acceptors (Lipinski definition) is 4. The summed E-state index contributed by atoms with van der Waals surface area (Å²) in [6.07, 6.45) is 0.882. The Balaban J connectivity index is 2.74. The molecule has 4 heteroatoms. The molecular weight excluding hydrogens is 204 g/mol. The molecule has 1 aromatic carbocycles. The van der Waals surface area contributed by atoms with E-state index >= 15 is 0 Å². The van der Waals surface area contributed by atoms with Crippen LogP contribution in [-0.4, -0.2) is 36.7 Å². The lowest BCUT2D eigenvalue weighted by atomic mass is 9.94. The van der Waals surface area contributed by atoms with Crippen molar-refractivity contribution in [2.75, 3.05) is 20.4 Å². The van der Waals surface area contributed by atoms with E-state index in [-0.39, 0.29) is 6.73 Å². The van der Waals surface area contributed by atoms with Crippen LogP contribution in [0.5, 0.6) is 0 Å². The first-order valence-corrected chi connectivity index (χ1v) is 5.18. The summed E-state index contributed by atoms with van der Waals surface area (Å²) in [4.78, 5) is 12.9. The van der Waals surface area contributed by atoms with Gasteiger partial charge in [0.2, 0.25) is 0 Å². The third kappa shape index (κ3) is 3.13. The first kappa shape index (κ1) is 12.8. The molecule has 0 spiro atoms. The standard InChI is InChI=1S/C12H18N2O2/c1-12(8-15,13-9-14(2)10-16)11-6-4-3-5-7-11/h3-8,13,16H,9-10H2,1-2H3. The molecule has 0 saturated carbocycles. The van der Waals surface area contributed by atoms with Crippen LogP contribution >= 0.6 is 0 Å². The van der Waals surface area contributed by atoms with Gasteiger partial charge in [0.25, 0.3) is 0 Å². The maximum atomic E-state index is 11.2. The molecule has 1 rings (SSSR count). The van der Waals surface area contributed by atoms with Gasteiger partial charge in [-0.3, -0.25) is 10.2 Å². The Morgan fingerprint density at radius 2 is 2.06 bits per heavy atom. The lowest BCUT2D eigenvalue weighted by Crippen LogP contribution is -2.46. The van der Waals surface area contributed by atoms with Gasteiger partial charge in [0.1, 0.15) is 6.29 Å². The average Bonchev–Trinajstić information content (AvgIpc) is 2.36. The zero-order valence-corrected chi connectivity index (χ0v) is 9.68. The van der Waals surface area contributed by atoms with E-state index in [1.807, 2.05) is 37.3 Å². The third-order valence-electron chi connectivity index (χ3n) is 2.57. The minimum atomic E-state index is -0.718. The van der Waals surface area contributed by atoms with Crippen molar-refractivity contribution in [2.45, 2.75) is 12.5 Å². The van der Waals surface area contributed by atoms with E-state index in [2.05, 4.69) is 5.32 Å². The fraction of sp³-hybridized carbons (Fsp3) is 0.417. The second-order valence-electron chi connectivity index (χ2n) is 4.02. The highest BCUT2D eigenvalue weighted by molar-refractivity contribution is 5.67. The fourth-order valence-electron chi connectivity index (χ4n) is 1.35. The molecule has 1 aromatic rings. The summed E-state index contributed by atoms with van der Waals surface area (Å²) in [6, 6.07) is 9.51. The van der Waals surface area contributed by atoms with Crippen LogP contribution in [0.1, 0.15) is 12.5 Å². The van der Waals surface area contributed by atoms with Gasteiger partial charge in [-0.1, -0.05) is 30.3 Å². The Labute approximate surface area is 95.9 Å². The number of carbonyl (C=O) groups excluding carboxylic acids is 1. The van der Waals surface area contributed by atoms with Crippen LogP contribution in [0.25, 0.3) is 0 Å². The summed E-state index contributed by atoms with van der Waals surface area (Å²) in [7, 11) is 1.77. The number of rotatable bonds is 6. The van der Waals surface area contributed by atoms with E-state index in [0.717, 1.165) is 11.8 Å². The monoisotopic (exact) mass is 222 g/mol. The second kappa shape index (κ2) is 5.75. The number of nitrogens with one attached hydrogen (secondary N) is 1. The Morgan fingerprint density at radius 1 is 1.44 bits per heavy atom. The lowest BCUT2D eigenvalue weighted by Gasteiger charge is -2.27. The highest BCUT2D eigenvalue weighted by atomic mass is 16.3. The van der Waals surface area contributed by atoms with E-state index in [9.17, 15) is 4.79 Å². The molecule has 0 aliphatic carbocycles. The van der Waals surface area contributed by atoms with Crippen LogP contribution in [0.15, 0.2) is 30.3 Å². The minimum absolute atomic E-state index is 0.0449. The molecule has 0 bridgehead atoms. The van der Waals surface area contributed by atoms with Gasteiger partial charge in [-0.15, -0.1) is 0 Å². The average molecular weight is 222 g/mol. The predicted octanol–water partition coefficient (Wildman–Crippen LogP) is 0.529. The molecule has 0 aromatic heterocycles. The maximum Gasteiger partial charge on any atom is 0.144 e. The molecule has 88 valence electrons. The molecule has 2 N–H and O–H groups in total. The first-order chi connectivity index (χ1) is 7.62. The summed E-state index contributed by atoms with van der Waals surface area (Å²) in [6.45, 7) is 2.22. The Morgan fingerprint density at radius 3 is 2.56 bits per heavy atom. The summed E-state index contributed by atoms with van der Waals surface area (Å²) in [5.74, 6) is 0. The number of hydrogen-bond donors (Lipinski definition) is 2. The number of aldehydes is 1. The number of nitrogens with zero attached hydrogens (tertiary/aromatic N) is 1. The van der Waals surface area contributed by atoms with Crippen LogP contribution in [0.4, 0.5) is 0 Å². The van der Waals surface area contributed by atoms with Crippen molar-refractivity contribution in [3.8, 4) is 0 Å². The normalized spacial score (nSPS) is 14.8. The molecule has 1 atom stereocenters. The third-order valence-corrected chi connectivity index (χ3v) is 2.57. The number of aliphatic hydroxyl groups excluding tert-OH is 1. The second-order valence-corrected chi connectivity index (χ2v) is 4.02. The summed E-state index contributed by atoms with van der Waals surface area (Å²) >= 11 is 0. The zero-order chi connectivity index (χ0) is 12.0. The Kier molecular flexibility index (Phi) is 4.61. The zero-order valence-electron chi connectivity index (χ0n) is 9.68. The van der Waals surface area contributed by atoms with Crippen molar-refractivity contribution < 1.29 is 9.90 Å². The smallest absolute Gasteiger partial charge is 0.144 e. The lowest BCUT2D eigenvalue weighted by molar-refractivity contribution is -0.113. The highest BCUT2D eigenvalue weighted by Gasteiger charge is 2.25. The summed E-state index contributed by atoms with van der Waals surface area (Å²) < 4.78 is 0. The van der Waals surface area contributed by atoms with Gasteiger partial charge < -0.3 is 9.90 Å². The van der Waals surface area contributed by atoms with Crippen LogP contribution in [0.2, 0.25) is 0 Å². The summed E-state index contributed by atoms with van der Waals surface area (Å²) in [5, 5.41) is 12.0. The molecule has 0 amide bonds. The first-order valence-electron chi connectivity index (χ1n) is 5.18. The van der Waals surface area contributed by atoms with Gasteiger partial charge in [0, 0.05) is 0 Å². The van der Waals surface area contributed by atoms with Crippen molar-refractivity contribution in [2.24, 2.45) is 0 Å². The van der Waals surface area contributed by atoms with E-state index < -0.39 is 5.54 Å². The van der Waals surface area contributed by atoms with E-state index in [1.165, 1.54) is 0 Å². The van der Waals surface area contributed by atoms with Crippen LogP contribution in [0, 0.1) is 0 Å². The van der Waals surface area contributed by atoms with Crippen molar-refractivity contribution in [3.05, 3.63) is 35.9 Å². The van der Waals surface area contributed by atoms with Gasteiger partial charge in [-0.2, -0.15) is 0 Å². The molecule has 0 heterocycles. The molecule has 4 nitrogen and oxygen atoms in total. The Bertz CT molecular complexity index is 329. The highest BCUT2D eigenvalue weighted by Crippen LogP contribution is 2.17. The van der Waals surface area contributed by atoms with Gasteiger partial charge in [0.05, 0.1) is 18.9 Å². The molecule has 0 aliphatic rings. The Hall–Kier alpha value is -1.23. The van der Waals surface area contributed by atoms with E-state index in [0.29, 0.717) is 6.67 Å². The SMILES string of the molecule is CN(CO)CNC(C)(C=O)c1ccccc1. The van der Waals surface area contributed by atoms with Crippen LogP contribution < -0.4 is 5.32 Å². The van der Waals surface area contributed by atoms with Crippen molar-refractivity contribution in [3.63, 3.8) is 0 Å². The molecule has 0 radical (unpaired) electrons. The van der Waals surface area contributed by atoms with E-state index in [1.54, 1.807) is 11.9 Å². The topological polar surface area (TPSA) is 52.6 Å². The summed E-state index contributed by atoms with van der Waals surface area (Å²) in [5.41, 5.74) is 0.196. The van der Waals surface area contributed by atoms with Gasteiger partial charge >= 0.3 is 0 Å². The molecular formula is C12H18N2O2. The molecule has 16 heavy (non-hydrogen) atoms. The number of aliphatic hydroxyl groups is 1. The van der Waals surface area contributed by atoms with Crippen molar-refractivity contribution >= 4 is 6.29 Å². The van der Waals surface area contributed by atoms with Gasteiger partial charge in [-0.05, 0) is 19.5 Å². The van der Waals surface area contributed by atoms with Gasteiger partial charge in [0.15, 0.2) is 0 Å². The predicted molar refractivity (Wildman–Crippen MR) is 62.7 cm³/mol. The number of benzene rings is 1. The van der Waals surface area contributed by atoms with Crippen LogP contribution in [0.3, 0.4) is 0 Å². The maximum absolute atomic E-state index is 11.2. The number of carbonyl (C=O) groups is 1. The molecule has 0 aliphatic heterocycles. The van der Waals surface area contributed by atoms with E-state index in [4.69, 9.17) is 5.11 Å². The minimum Gasteiger partial charge on any atom is -0.381 e. The molecule has 0 saturated heterocycles. The van der Waals surface area contributed by atoms with Crippen LogP contribution in [-0.2, 0) is 10.3 Å². The van der Waals surface area contributed by atoms with Crippen molar-refractivity contribution in [1.29, 1.82) is 0 Å². The molecule has 0 fully saturated rings. The largest absolute Gasteiger partial charge is 0.381 e. The quantitative estimate of drug-likeness (QED) is 0.544. The molecule has 1 unspecified atom stereocenters. The fourth-order valence-corrected chi connectivity index (χ4v) is 1.35.